The number of amides is 1. The van der Waals surface area contributed by atoms with Gasteiger partial charge in [-0.2, -0.15) is 5.26 Å². The zero-order chi connectivity index (χ0) is 12.6. The molecule has 0 saturated heterocycles. The number of rotatable bonds is 4. The maximum atomic E-state index is 11.6. The van der Waals surface area contributed by atoms with Gasteiger partial charge in [-0.15, -0.1) is 0 Å². The topological polar surface area (TPSA) is 77.3 Å². The highest BCUT2D eigenvalue weighted by Crippen LogP contribution is 1.99. The third-order valence-electron chi connectivity index (χ3n) is 1.73. The van der Waals surface area contributed by atoms with Crippen molar-refractivity contribution in [2.75, 3.05) is 12.8 Å². The van der Waals surface area contributed by atoms with E-state index in [1.165, 1.54) is 11.8 Å². The van der Waals surface area contributed by atoms with Gasteiger partial charge in [0.2, 0.25) is 5.91 Å². The first-order valence-electron chi connectivity index (χ1n) is 5.05. The van der Waals surface area contributed by atoms with Gasteiger partial charge >= 0.3 is 0 Å². The van der Waals surface area contributed by atoms with Crippen molar-refractivity contribution in [1.82, 2.24) is 10.6 Å². The molecular formula is C10H18N4OS. The van der Waals surface area contributed by atoms with E-state index in [0.29, 0.717) is 17.6 Å². The number of nitrogens with zero attached hydrogens (tertiary/aromatic N) is 2. The van der Waals surface area contributed by atoms with Gasteiger partial charge in [0.25, 0.3) is 0 Å². The lowest BCUT2D eigenvalue weighted by Crippen LogP contribution is -2.35. The highest BCUT2D eigenvalue weighted by Gasteiger charge is 2.12. The van der Waals surface area contributed by atoms with E-state index in [0.717, 1.165) is 0 Å². The fourth-order valence-corrected chi connectivity index (χ4v) is 1.28. The largest absolute Gasteiger partial charge is 0.354 e. The Morgan fingerprint density at radius 2 is 2.12 bits per heavy atom. The van der Waals surface area contributed by atoms with Gasteiger partial charge in [0.1, 0.15) is 6.04 Å². The van der Waals surface area contributed by atoms with Crippen molar-refractivity contribution in [3.05, 3.63) is 0 Å². The molecule has 0 rings (SSSR count). The second-order valence-electron chi connectivity index (χ2n) is 3.69. The molecule has 0 aromatic rings. The Morgan fingerprint density at radius 1 is 1.50 bits per heavy atom. The molecule has 0 spiro atoms. The van der Waals surface area contributed by atoms with Gasteiger partial charge in [-0.3, -0.25) is 10.1 Å². The second-order valence-corrected chi connectivity index (χ2v) is 4.49. The van der Waals surface area contributed by atoms with Crippen LogP contribution >= 0.6 is 11.8 Å². The van der Waals surface area contributed by atoms with Crippen molar-refractivity contribution in [2.24, 2.45) is 10.9 Å². The maximum absolute atomic E-state index is 11.6. The van der Waals surface area contributed by atoms with Crippen molar-refractivity contribution in [3.63, 3.8) is 0 Å². The summed E-state index contributed by atoms with van der Waals surface area (Å²) in [5.41, 5.74) is 0. The summed E-state index contributed by atoms with van der Waals surface area (Å²) < 4.78 is 0. The van der Waals surface area contributed by atoms with Crippen LogP contribution in [0.5, 0.6) is 0 Å². The summed E-state index contributed by atoms with van der Waals surface area (Å²) in [7, 11) is 0. The SMILES string of the molecule is CSC(=NC(C)C(=O)NCC(C)C)NC#N. The molecule has 0 aliphatic carbocycles. The van der Waals surface area contributed by atoms with Crippen LogP contribution in [0.25, 0.3) is 0 Å². The lowest BCUT2D eigenvalue weighted by Gasteiger charge is -2.11. The minimum atomic E-state index is -0.484. The third kappa shape index (κ3) is 6.30. The standard InChI is InChI=1S/C10H18N4OS/c1-7(2)5-12-9(15)8(3)14-10(16-4)13-6-11/h7-8H,5H2,1-4H3,(H,12,15)(H,13,14). The van der Waals surface area contributed by atoms with Crippen LogP contribution in [0.2, 0.25) is 0 Å². The molecule has 0 saturated carbocycles. The molecule has 2 N–H and O–H groups in total. The molecular weight excluding hydrogens is 224 g/mol. The first-order chi connectivity index (χ1) is 7.51. The van der Waals surface area contributed by atoms with E-state index in [9.17, 15) is 4.79 Å². The number of amidine groups is 1. The lowest BCUT2D eigenvalue weighted by atomic mass is 10.2. The molecule has 0 aromatic heterocycles. The molecule has 0 aliphatic rings. The Labute approximate surface area is 101 Å². The van der Waals surface area contributed by atoms with Crippen molar-refractivity contribution in [2.45, 2.75) is 26.8 Å². The van der Waals surface area contributed by atoms with Gasteiger partial charge in [0, 0.05) is 6.54 Å². The minimum Gasteiger partial charge on any atom is -0.354 e. The van der Waals surface area contributed by atoms with Gasteiger partial charge in [0.05, 0.1) is 0 Å². The smallest absolute Gasteiger partial charge is 0.244 e. The molecule has 0 aliphatic heterocycles. The second kappa shape index (κ2) is 7.99. The minimum absolute atomic E-state index is 0.125. The van der Waals surface area contributed by atoms with Crippen molar-refractivity contribution in [1.29, 1.82) is 5.26 Å². The zero-order valence-electron chi connectivity index (χ0n) is 10.1. The number of thioether (sulfide) groups is 1. The van der Waals surface area contributed by atoms with Crippen LogP contribution in [-0.2, 0) is 4.79 Å². The van der Waals surface area contributed by atoms with Crippen LogP contribution in [0.4, 0.5) is 0 Å². The number of aliphatic imine (C=N–C) groups is 1. The average Bonchev–Trinajstić information content (AvgIpc) is 2.24. The zero-order valence-corrected chi connectivity index (χ0v) is 10.9. The van der Waals surface area contributed by atoms with Crippen molar-refractivity contribution < 1.29 is 4.79 Å². The Bertz CT molecular complexity index is 296. The summed E-state index contributed by atoms with van der Waals surface area (Å²) >= 11 is 1.30. The number of nitrogens with one attached hydrogen (secondary N) is 2. The molecule has 6 heteroatoms. The van der Waals surface area contributed by atoms with E-state index in [2.05, 4.69) is 15.6 Å². The van der Waals surface area contributed by atoms with Crippen LogP contribution < -0.4 is 10.6 Å². The van der Waals surface area contributed by atoms with Gasteiger partial charge in [-0.05, 0) is 19.1 Å². The van der Waals surface area contributed by atoms with E-state index in [1.54, 1.807) is 19.4 Å². The normalized spacial score (nSPS) is 13.1. The molecule has 90 valence electrons. The number of hydrogen-bond acceptors (Lipinski definition) is 4. The number of carbonyl (C=O) groups excluding carboxylic acids is 1. The molecule has 0 bridgehead atoms. The molecule has 16 heavy (non-hydrogen) atoms. The van der Waals surface area contributed by atoms with Crippen LogP contribution in [-0.4, -0.2) is 29.9 Å². The van der Waals surface area contributed by atoms with E-state index < -0.39 is 6.04 Å². The summed E-state index contributed by atoms with van der Waals surface area (Å²) in [6.45, 7) is 6.39. The van der Waals surface area contributed by atoms with E-state index in [-0.39, 0.29) is 5.91 Å². The Balaban J connectivity index is 4.27. The fourth-order valence-electron chi connectivity index (χ4n) is 0.871. The van der Waals surface area contributed by atoms with Crippen LogP contribution in [0.3, 0.4) is 0 Å². The van der Waals surface area contributed by atoms with Gasteiger partial charge in [0.15, 0.2) is 11.4 Å². The fraction of sp³-hybridized carbons (Fsp3) is 0.700. The molecule has 5 nitrogen and oxygen atoms in total. The van der Waals surface area contributed by atoms with Gasteiger partial charge in [-0.1, -0.05) is 25.6 Å². The monoisotopic (exact) mass is 242 g/mol. The predicted molar refractivity (Wildman–Crippen MR) is 67.0 cm³/mol. The van der Waals surface area contributed by atoms with Crippen LogP contribution in [0.1, 0.15) is 20.8 Å². The molecule has 0 fully saturated rings. The lowest BCUT2D eigenvalue weighted by molar-refractivity contribution is -0.122. The Morgan fingerprint density at radius 3 is 2.56 bits per heavy atom. The summed E-state index contributed by atoms with van der Waals surface area (Å²) in [6.07, 6.45) is 3.57. The molecule has 0 aromatic carbocycles. The Hall–Kier alpha value is -1.22. The van der Waals surface area contributed by atoms with E-state index in [4.69, 9.17) is 5.26 Å². The van der Waals surface area contributed by atoms with Crippen molar-refractivity contribution in [3.8, 4) is 6.19 Å². The summed E-state index contributed by atoms with van der Waals surface area (Å²) in [5, 5.41) is 14.1. The summed E-state index contributed by atoms with van der Waals surface area (Å²) in [6, 6.07) is -0.484. The maximum Gasteiger partial charge on any atom is 0.244 e. The van der Waals surface area contributed by atoms with Crippen LogP contribution in [0.15, 0.2) is 4.99 Å². The quantitative estimate of drug-likeness (QED) is 0.333. The first kappa shape index (κ1) is 14.8. The van der Waals surface area contributed by atoms with E-state index in [1.807, 2.05) is 13.8 Å². The third-order valence-corrected chi connectivity index (χ3v) is 2.33. The number of nitriles is 1. The summed E-state index contributed by atoms with van der Waals surface area (Å²) in [5.74, 6) is 0.289. The molecule has 1 unspecified atom stereocenters. The van der Waals surface area contributed by atoms with E-state index >= 15 is 0 Å². The average molecular weight is 242 g/mol. The summed E-state index contributed by atoms with van der Waals surface area (Å²) in [4.78, 5) is 15.7. The molecule has 0 heterocycles. The van der Waals surface area contributed by atoms with Gasteiger partial charge < -0.3 is 5.32 Å². The number of hydrogen-bond donors (Lipinski definition) is 2. The highest BCUT2D eigenvalue weighted by atomic mass is 32.2. The molecule has 1 amide bonds. The van der Waals surface area contributed by atoms with Gasteiger partial charge in [-0.25, -0.2) is 4.99 Å². The predicted octanol–water partition coefficient (Wildman–Crippen LogP) is 0.937. The number of carbonyl (C=O) groups is 1. The highest BCUT2D eigenvalue weighted by molar-refractivity contribution is 8.13. The van der Waals surface area contributed by atoms with Crippen LogP contribution in [0, 0.1) is 17.4 Å². The molecule has 1 atom stereocenters. The molecule has 0 radical (unpaired) electrons. The first-order valence-corrected chi connectivity index (χ1v) is 6.28. The van der Waals surface area contributed by atoms with Crippen molar-refractivity contribution >= 4 is 22.8 Å². The Kier molecular flexibility index (Phi) is 7.38.